The summed E-state index contributed by atoms with van der Waals surface area (Å²) in [5, 5.41) is 0. The highest BCUT2D eigenvalue weighted by Crippen LogP contribution is 2.51. The second kappa shape index (κ2) is 15.0. The quantitative estimate of drug-likeness (QED) is 0.178. The molecule has 0 fully saturated rings. The summed E-state index contributed by atoms with van der Waals surface area (Å²) in [6.45, 7) is 0. The minimum atomic E-state index is 0.892. The lowest BCUT2D eigenvalue weighted by Gasteiger charge is -2.24. The summed E-state index contributed by atoms with van der Waals surface area (Å²) in [5.41, 5.74) is 28.2. The molecule has 15 rings (SSSR count). The van der Waals surface area contributed by atoms with E-state index in [1.165, 1.54) is 55.6 Å². The number of pyridine rings is 2. The van der Waals surface area contributed by atoms with Crippen LogP contribution in [0.5, 0.6) is 0 Å². The van der Waals surface area contributed by atoms with Crippen LogP contribution in [-0.4, -0.2) is 23.9 Å². The van der Waals surface area contributed by atoms with Crippen LogP contribution in [-0.2, 0) is 0 Å². The Kier molecular flexibility index (Phi) is 8.29. The van der Waals surface area contributed by atoms with Gasteiger partial charge in [0.2, 0.25) is 5.78 Å². The number of rotatable bonds is 3. The predicted molar refractivity (Wildman–Crippen MR) is 287 cm³/mol. The van der Waals surface area contributed by atoms with E-state index < -0.39 is 0 Å². The first-order chi connectivity index (χ1) is 34.7. The number of hydrogen-bond acceptors (Lipinski definition) is 3. The van der Waals surface area contributed by atoms with Crippen molar-refractivity contribution in [1.29, 1.82) is 0 Å². The van der Waals surface area contributed by atoms with Gasteiger partial charge in [-0.2, -0.15) is 0 Å². The average molecular weight is 890 g/mol. The largest absolute Gasteiger partial charge is 0.278 e. The van der Waals surface area contributed by atoms with Crippen LogP contribution in [0.4, 0.5) is 0 Å². The number of aromatic nitrogens is 5. The zero-order valence-electron chi connectivity index (χ0n) is 37.8. The van der Waals surface area contributed by atoms with Gasteiger partial charge in [0.15, 0.2) is 0 Å². The molecule has 0 atom stereocenters. The van der Waals surface area contributed by atoms with E-state index in [1.807, 2.05) is 24.5 Å². The summed E-state index contributed by atoms with van der Waals surface area (Å²) in [6, 6.07) is 81.8. The summed E-state index contributed by atoms with van der Waals surface area (Å²) in [7, 11) is 0. The van der Waals surface area contributed by atoms with E-state index in [-0.39, 0.29) is 0 Å². The fraction of sp³-hybridized carbons (Fsp3) is 0. The first-order valence-electron chi connectivity index (χ1n) is 23.8. The van der Waals surface area contributed by atoms with Gasteiger partial charge >= 0.3 is 0 Å². The first-order valence-corrected chi connectivity index (χ1v) is 23.8. The van der Waals surface area contributed by atoms with Crippen LogP contribution in [0.1, 0.15) is 0 Å². The molecule has 0 saturated carbocycles. The third-order valence-electron chi connectivity index (χ3n) is 14.6. The first kappa shape index (κ1) is 38.6. The fourth-order valence-corrected chi connectivity index (χ4v) is 11.5. The minimum absolute atomic E-state index is 0.892. The summed E-state index contributed by atoms with van der Waals surface area (Å²) in [4.78, 5) is 15.1. The molecule has 0 radical (unpaired) electrons. The van der Waals surface area contributed by atoms with Crippen LogP contribution in [0.3, 0.4) is 0 Å². The lowest BCUT2D eigenvalue weighted by molar-refractivity contribution is 1.11. The van der Waals surface area contributed by atoms with E-state index in [1.54, 1.807) is 0 Å². The zero-order chi connectivity index (χ0) is 45.9. The molecule has 0 spiro atoms. The van der Waals surface area contributed by atoms with E-state index in [0.29, 0.717) is 0 Å². The van der Waals surface area contributed by atoms with Crippen LogP contribution in [0.2, 0.25) is 0 Å². The number of hydrogen-bond donors (Lipinski definition) is 0. The Hall–Kier alpha value is -9.45. The third kappa shape index (κ3) is 5.69. The standard InChI is InChI=1S/C65H39N5/c1-4-19-48-47(18-1)51-31-28-43(38-57(51)55-23-13-35-67-64(55)63-54(48)22-12-34-66-63)41-15-11-14-40(36-41)42-29-32-52-53-33-30-44(69-61-26-9-10-27-62(61)70-60-25-8-7-24-59(60)68-65(69)70)39-58(53)50-21-6-3-17-46(50)45-16-2-5-20-49(45)56(52)37-42/h1-39H. The summed E-state index contributed by atoms with van der Waals surface area (Å²) >= 11 is 0. The van der Waals surface area contributed by atoms with Crippen molar-refractivity contribution in [1.82, 2.24) is 23.9 Å². The van der Waals surface area contributed by atoms with E-state index in [9.17, 15) is 0 Å². The Labute approximate surface area is 403 Å². The number of para-hydroxylation sites is 4. The molecule has 0 amide bonds. The molecule has 0 aliphatic heterocycles. The molecule has 2 aliphatic carbocycles. The summed E-state index contributed by atoms with van der Waals surface area (Å²) in [5.74, 6) is 0.899. The van der Waals surface area contributed by atoms with Crippen molar-refractivity contribution in [2.45, 2.75) is 0 Å². The molecule has 324 valence electrons. The topological polar surface area (TPSA) is 48.0 Å². The van der Waals surface area contributed by atoms with Crippen LogP contribution >= 0.6 is 0 Å². The normalized spacial score (nSPS) is 12.0. The van der Waals surface area contributed by atoms with Crippen molar-refractivity contribution in [2.24, 2.45) is 0 Å². The van der Waals surface area contributed by atoms with Crippen molar-refractivity contribution < 1.29 is 0 Å². The fourth-order valence-electron chi connectivity index (χ4n) is 11.5. The van der Waals surface area contributed by atoms with Crippen LogP contribution in [0.25, 0.3) is 145 Å². The molecule has 4 heterocycles. The molecule has 0 saturated heterocycles. The smallest absolute Gasteiger partial charge is 0.220 e. The van der Waals surface area contributed by atoms with Gasteiger partial charge in [-0.1, -0.05) is 158 Å². The molecular formula is C65H39N5. The molecule has 2 aliphatic rings. The van der Waals surface area contributed by atoms with E-state index in [4.69, 9.17) is 15.0 Å². The van der Waals surface area contributed by atoms with Crippen molar-refractivity contribution in [3.8, 4) is 117 Å². The van der Waals surface area contributed by atoms with Gasteiger partial charge in [-0.05, 0) is 156 Å². The predicted octanol–water partition coefficient (Wildman–Crippen LogP) is 16.5. The van der Waals surface area contributed by atoms with Crippen molar-refractivity contribution >= 4 is 27.8 Å². The molecule has 70 heavy (non-hydrogen) atoms. The maximum Gasteiger partial charge on any atom is 0.220 e. The lowest BCUT2D eigenvalue weighted by atomic mass is 9.80. The number of imidazole rings is 2. The van der Waals surface area contributed by atoms with Gasteiger partial charge in [-0.25, -0.2) is 4.98 Å². The molecule has 0 N–H and O–H groups in total. The lowest BCUT2D eigenvalue weighted by Crippen LogP contribution is -2.00. The van der Waals surface area contributed by atoms with Crippen molar-refractivity contribution in [3.63, 3.8) is 0 Å². The van der Waals surface area contributed by atoms with Gasteiger partial charge in [0, 0.05) is 29.2 Å². The highest BCUT2D eigenvalue weighted by atomic mass is 15.2. The third-order valence-corrected chi connectivity index (χ3v) is 14.6. The second-order valence-corrected chi connectivity index (χ2v) is 18.3. The molecule has 4 aromatic heterocycles. The van der Waals surface area contributed by atoms with Gasteiger partial charge in [0.05, 0.1) is 33.5 Å². The van der Waals surface area contributed by atoms with Gasteiger partial charge in [-0.15, -0.1) is 0 Å². The van der Waals surface area contributed by atoms with Crippen LogP contribution in [0, 0.1) is 0 Å². The maximum absolute atomic E-state index is 5.22. The van der Waals surface area contributed by atoms with Gasteiger partial charge in [0.25, 0.3) is 0 Å². The summed E-state index contributed by atoms with van der Waals surface area (Å²) in [6.07, 6.45) is 3.74. The Bertz CT molecular complexity index is 4320. The highest BCUT2D eigenvalue weighted by Gasteiger charge is 2.26. The number of nitrogens with zero attached hydrogens (tertiary/aromatic N) is 5. The number of fused-ring (bicyclic) bond motifs is 21. The SMILES string of the molecule is c1cc(-c2ccc3c(c2)-c2ccccc2-c2ccccc2-c2cc(-n4c5ccccc5n5c6ccccc6nc45)ccc2-3)cc(-c2ccc3c(c2)-c2cccnc2-c2ncccc2-c2ccccc2-3)c1. The Morgan fingerprint density at radius 1 is 0.271 bits per heavy atom. The van der Waals surface area contributed by atoms with E-state index in [2.05, 4.69) is 221 Å². The Morgan fingerprint density at radius 2 is 0.686 bits per heavy atom. The van der Waals surface area contributed by atoms with Gasteiger partial charge in [-0.3, -0.25) is 18.9 Å². The molecule has 5 nitrogen and oxygen atoms in total. The molecule has 0 bridgehead atoms. The summed E-state index contributed by atoms with van der Waals surface area (Å²) < 4.78 is 4.61. The van der Waals surface area contributed by atoms with Gasteiger partial charge in [0.1, 0.15) is 0 Å². The molecule has 0 unspecified atom stereocenters. The van der Waals surface area contributed by atoms with Crippen molar-refractivity contribution in [3.05, 3.63) is 237 Å². The monoisotopic (exact) mass is 889 g/mol. The zero-order valence-corrected chi connectivity index (χ0v) is 37.8. The van der Waals surface area contributed by atoms with E-state index in [0.717, 1.165) is 89.4 Å². The molecular weight excluding hydrogens is 851 g/mol. The molecule has 9 aromatic carbocycles. The molecule has 5 heteroatoms. The Morgan fingerprint density at radius 3 is 1.29 bits per heavy atom. The average Bonchev–Trinajstić information content (AvgIpc) is 3.97. The highest BCUT2D eigenvalue weighted by molar-refractivity contribution is 6.06. The Balaban J connectivity index is 0.891. The number of benzene rings is 9. The van der Waals surface area contributed by atoms with E-state index >= 15 is 0 Å². The van der Waals surface area contributed by atoms with Crippen LogP contribution in [0.15, 0.2) is 237 Å². The maximum atomic E-state index is 5.22. The van der Waals surface area contributed by atoms with Gasteiger partial charge < -0.3 is 0 Å². The van der Waals surface area contributed by atoms with Crippen molar-refractivity contribution in [2.75, 3.05) is 0 Å². The molecule has 13 aromatic rings. The minimum Gasteiger partial charge on any atom is -0.278 e. The second-order valence-electron chi connectivity index (χ2n) is 18.3. The van der Waals surface area contributed by atoms with Crippen LogP contribution < -0.4 is 0 Å².